The minimum absolute atomic E-state index is 0. The number of nitrogens with zero attached hydrogens (tertiary/aromatic N) is 1. The van der Waals surface area contributed by atoms with Gasteiger partial charge in [-0.1, -0.05) is 23.8 Å². The summed E-state index contributed by atoms with van der Waals surface area (Å²) in [5.41, 5.74) is 4.06. The van der Waals surface area contributed by atoms with Crippen molar-refractivity contribution in [2.45, 2.75) is 26.8 Å². The molecule has 1 heterocycles. The van der Waals surface area contributed by atoms with E-state index >= 15 is 0 Å². The van der Waals surface area contributed by atoms with E-state index in [9.17, 15) is 0 Å². The molecule has 2 N–H and O–H groups in total. The molecular weight excluding hydrogens is 200 g/mol. The molecular formula is C13H18N2O. The molecule has 1 aromatic carbocycles. The van der Waals surface area contributed by atoms with Crippen molar-refractivity contribution in [2.75, 3.05) is 0 Å². The Morgan fingerprint density at radius 3 is 2.56 bits per heavy atom. The monoisotopic (exact) mass is 218 g/mol. The molecule has 0 amide bonds. The molecule has 0 saturated carbocycles. The van der Waals surface area contributed by atoms with Crippen molar-refractivity contribution in [1.29, 1.82) is 0 Å². The lowest BCUT2D eigenvalue weighted by Crippen LogP contribution is -2.36. The van der Waals surface area contributed by atoms with Crippen molar-refractivity contribution in [3.8, 4) is 0 Å². The zero-order chi connectivity index (χ0) is 10.8. The highest BCUT2D eigenvalue weighted by atomic mass is 16.0. The Labute approximate surface area is 96.1 Å². The number of hydrogen-bond donors (Lipinski definition) is 1. The molecule has 0 saturated heterocycles. The summed E-state index contributed by atoms with van der Waals surface area (Å²) in [6.45, 7) is 6.52. The maximum atomic E-state index is 3.07. The molecule has 2 aromatic rings. The number of aromatic amines is 1. The maximum Gasteiger partial charge on any atom is 0.242 e. The number of benzene rings is 1. The summed E-state index contributed by atoms with van der Waals surface area (Å²) >= 11 is 0. The van der Waals surface area contributed by atoms with Gasteiger partial charge in [-0.05, 0) is 31.9 Å². The first-order valence-corrected chi connectivity index (χ1v) is 5.29. The number of hydrogen-bond acceptors (Lipinski definition) is 1. The lowest BCUT2D eigenvalue weighted by atomic mass is 10.0. The highest BCUT2D eigenvalue weighted by Crippen LogP contribution is 2.17. The van der Waals surface area contributed by atoms with Crippen LogP contribution in [0.15, 0.2) is 36.9 Å². The van der Waals surface area contributed by atoms with E-state index in [4.69, 9.17) is 0 Å². The molecule has 16 heavy (non-hydrogen) atoms. The van der Waals surface area contributed by atoms with Gasteiger partial charge in [-0.15, -0.1) is 0 Å². The van der Waals surface area contributed by atoms with E-state index in [-0.39, 0.29) is 5.48 Å². The fraction of sp³-hybridized carbons (Fsp3) is 0.308. The van der Waals surface area contributed by atoms with Crippen molar-refractivity contribution in [3.05, 3.63) is 53.6 Å². The molecule has 0 aliphatic carbocycles. The fourth-order valence-electron chi connectivity index (χ4n) is 2.00. The van der Waals surface area contributed by atoms with Gasteiger partial charge in [0.2, 0.25) is 6.33 Å². The lowest BCUT2D eigenvalue weighted by Gasteiger charge is -2.12. The van der Waals surface area contributed by atoms with Crippen molar-refractivity contribution in [3.63, 3.8) is 0 Å². The van der Waals surface area contributed by atoms with Gasteiger partial charge in [0.15, 0.2) is 0 Å². The second-order valence-electron chi connectivity index (χ2n) is 4.09. The standard InChI is InChI=1S/C13H16N2.H2O/c1-10-4-5-13(11(2)8-10)12(3)15-7-6-14-9-15;/h4-9,12H,1-3H3;1H2. The number of aromatic nitrogens is 2. The summed E-state index contributed by atoms with van der Waals surface area (Å²) in [4.78, 5) is 3.07. The van der Waals surface area contributed by atoms with Crippen molar-refractivity contribution >= 4 is 0 Å². The highest BCUT2D eigenvalue weighted by Gasteiger charge is 2.13. The SMILES string of the molecule is Cc1ccc(C(C)[n+]2cc[nH]c2)c(C)c1.[OH-]. The Morgan fingerprint density at radius 2 is 2.00 bits per heavy atom. The molecule has 0 fully saturated rings. The fourth-order valence-corrected chi connectivity index (χ4v) is 2.00. The smallest absolute Gasteiger partial charge is 0.242 e. The molecule has 3 heteroatoms. The van der Waals surface area contributed by atoms with Gasteiger partial charge in [-0.25, -0.2) is 4.57 Å². The van der Waals surface area contributed by atoms with E-state index in [2.05, 4.69) is 54.7 Å². The predicted octanol–water partition coefficient (Wildman–Crippen LogP) is 2.35. The average Bonchev–Trinajstić information content (AvgIpc) is 2.69. The van der Waals surface area contributed by atoms with Crippen molar-refractivity contribution < 1.29 is 10.0 Å². The van der Waals surface area contributed by atoms with Gasteiger partial charge in [0.1, 0.15) is 18.4 Å². The summed E-state index contributed by atoms with van der Waals surface area (Å²) in [6.07, 6.45) is 5.99. The Kier molecular flexibility index (Phi) is 3.85. The van der Waals surface area contributed by atoms with E-state index in [1.54, 1.807) is 0 Å². The normalized spacial score (nSPS) is 11.9. The maximum absolute atomic E-state index is 3.07. The number of rotatable bonds is 2. The lowest BCUT2D eigenvalue weighted by molar-refractivity contribution is -0.709. The van der Waals surface area contributed by atoms with Gasteiger partial charge in [-0.3, -0.25) is 4.98 Å². The van der Waals surface area contributed by atoms with Crippen LogP contribution >= 0.6 is 0 Å². The molecule has 1 unspecified atom stereocenters. The quantitative estimate of drug-likeness (QED) is 0.773. The van der Waals surface area contributed by atoms with Crippen LogP contribution < -0.4 is 4.57 Å². The molecule has 2 rings (SSSR count). The van der Waals surface area contributed by atoms with Gasteiger partial charge in [0.25, 0.3) is 0 Å². The molecule has 1 aromatic heterocycles. The first-order chi connectivity index (χ1) is 7.18. The first kappa shape index (κ1) is 12.5. The summed E-state index contributed by atoms with van der Waals surface area (Å²) in [6, 6.07) is 7.01. The zero-order valence-electron chi connectivity index (χ0n) is 9.94. The topological polar surface area (TPSA) is 49.7 Å². The third-order valence-electron chi connectivity index (χ3n) is 2.89. The molecule has 0 spiro atoms. The number of nitrogens with one attached hydrogen (secondary N) is 1. The van der Waals surface area contributed by atoms with Gasteiger partial charge >= 0.3 is 0 Å². The number of imidazole rings is 1. The zero-order valence-corrected chi connectivity index (χ0v) is 9.94. The third kappa shape index (κ3) is 2.31. The Bertz CT molecular complexity index is 449. The molecule has 86 valence electrons. The van der Waals surface area contributed by atoms with E-state index in [1.807, 2.05) is 12.5 Å². The van der Waals surface area contributed by atoms with Gasteiger partial charge in [-0.2, -0.15) is 0 Å². The van der Waals surface area contributed by atoms with Crippen LogP contribution in [0.2, 0.25) is 0 Å². The molecule has 0 radical (unpaired) electrons. The number of H-pyrrole nitrogens is 1. The predicted molar refractivity (Wildman–Crippen MR) is 62.7 cm³/mol. The van der Waals surface area contributed by atoms with Gasteiger partial charge < -0.3 is 5.48 Å². The van der Waals surface area contributed by atoms with Crippen LogP contribution in [0.4, 0.5) is 0 Å². The summed E-state index contributed by atoms with van der Waals surface area (Å²) < 4.78 is 2.18. The van der Waals surface area contributed by atoms with E-state index in [0.717, 1.165) is 0 Å². The second-order valence-corrected chi connectivity index (χ2v) is 4.09. The van der Waals surface area contributed by atoms with E-state index in [0.29, 0.717) is 6.04 Å². The minimum atomic E-state index is 0. The van der Waals surface area contributed by atoms with E-state index < -0.39 is 0 Å². The Morgan fingerprint density at radius 1 is 1.25 bits per heavy atom. The van der Waals surface area contributed by atoms with Crippen LogP contribution in [0.25, 0.3) is 0 Å². The summed E-state index contributed by atoms with van der Waals surface area (Å²) in [5, 5.41) is 0. The van der Waals surface area contributed by atoms with Crippen LogP contribution in [0.5, 0.6) is 0 Å². The van der Waals surface area contributed by atoms with Crippen LogP contribution in [0.1, 0.15) is 29.7 Å². The van der Waals surface area contributed by atoms with Crippen molar-refractivity contribution in [2.24, 2.45) is 0 Å². The van der Waals surface area contributed by atoms with Crippen molar-refractivity contribution in [1.82, 2.24) is 4.98 Å². The Hall–Kier alpha value is -1.61. The molecule has 0 bridgehead atoms. The molecule has 1 atom stereocenters. The highest BCUT2D eigenvalue weighted by molar-refractivity contribution is 5.31. The second kappa shape index (κ2) is 4.94. The minimum Gasteiger partial charge on any atom is -0.870 e. The Balaban J connectivity index is 0.00000128. The third-order valence-corrected chi connectivity index (χ3v) is 2.89. The van der Waals surface area contributed by atoms with Gasteiger partial charge in [0, 0.05) is 0 Å². The molecule has 3 nitrogen and oxygen atoms in total. The number of aryl methyl sites for hydroxylation is 2. The average molecular weight is 218 g/mol. The first-order valence-electron chi connectivity index (χ1n) is 5.29. The molecule has 0 aliphatic rings. The summed E-state index contributed by atoms with van der Waals surface area (Å²) in [7, 11) is 0. The van der Waals surface area contributed by atoms with Crippen LogP contribution in [-0.4, -0.2) is 10.5 Å². The van der Waals surface area contributed by atoms with Crippen LogP contribution in [0.3, 0.4) is 0 Å². The van der Waals surface area contributed by atoms with Crippen LogP contribution in [-0.2, 0) is 0 Å². The van der Waals surface area contributed by atoms with Crippen LogP contribution in [0, 0.1) is 13.8 Å². The summed E-state index contributed by atoms with van der Waals surface area (Å²) in [5.74, 6) is 0. The van der Waals surface area contributed by atoms with E-state index in [1.165, 1.54) is 16.7 Å². The molecule has 0 aliphatic heterocycles. The largest absolute Gasteiger partial charge is 0.870 e. The van der Waals surface area contributed by atoms with Gasteiger partial charge in [0.05, 0.1) is 0 Å².